The van der Waals surface area contributed by atoms with Gasteiger partial charge in [-0.3, -0.25) is 0 Å². The predicted octanol–water partition coefficient (Wildman–Crippen LogP) is 0.858. The van der Waals surface area contributed by atoms with Crippen molar-refractivity contribution < 1.29 is 4.79 Å². The van der Waals surface area contributed by atoms with Crippen molar-refractivity contribution in [2.45, 2.75) is 31.7 Å². The van der Waals surface area contributed by atoms with E-state index in [1.54, 1.807) is 0 Å². The maximum atomic E-state index is 11.0. The average molecular weight is 154 g/mol. The highest BCUT2D eigenvalue weighted by atomic mass is 16.2. The van der Waals surface area contributed by atoms with Crippen molar-refractivity contribution >= 4 is 6.03 Å². The third-order valence-electron chi connectivity index (χ3n) is 2.75. The van der Waals surface area contributed by atoms with Gasteiger partial charge in [-0.05, 0) is 25.2 Å². The van der Waals surface area contributed by atoms with E-state index in [1.807, 2.05) is 0 Å². The van der Waals surface area contributed by atoms with Gasteiger partial charge in [-0.25, -0.2) is 4.79 Å². The summed E-state index contributed by atoms with van der Waals surface area (Å²) < 4.78 is 0. The molecule has 2 amide bonds. The third kappa shape index (κ3) is 1.08. The van der Waals surface area contributed by atoms with E-state index in [2.05, 4.69) is 17.6 Å². The van der Waals surface area contributed by atoms with Crippen LogP contribution in [0.2, 0.25) is 0 Å². The van der Waals surface area contributed by atoms with Crippen LogP contribution in [0.15, 0.2) is 0 Å². The molecule has 1 aliphatic carbocycles. The summed E-state index contributed by atoms with van der Waals surface area (Å²) in [5.74, 6) is 0.799. The fourth-order valence-electron chi connectivity index (χ4n) is 2.34. The number of hydrogen-bond acceptors (Lipinski definition) is 1. The summed E-state index contributed by atoms with van der Waals surface area (Å²) in [5.41, 5.74) is 0.182. The molecule has 1 saturated heterocycles. The molecule has 0 aromatic rings. The molecule has 1 saturated carbocycles. The molecule has 11 heavy (non-hydrogen) atoms. The van der Waals surface area contributed by atoms with E-state index in [0.717, 1.165) is 18.9 Å². The lowest BCUT2D eigenvalue weighted by Gasteiger charge is -2.49. The number of nitrogens with one attached hydrogen (secondary N) is 2. The van der Waals surface area contributed by atoms with Crippen molar-refractivity contribution in [1.82, 2.24) is 10.6 Å². The van der Waals surface area contributed by atoms with Crippen molar-refractivity contribution in [2.75, 3.05) is 6.54 Å². The number of rotatable bonds is 0. The molecule has 0 atom stereocenters. The third-order valence-corrected chi connectivity index (χ3v) is 2.75. The van der Waals surface area contributed by atoms with Crippen molar-refractivity contribution in [3.8, 4) is 0 Å². The average Bonchev–Trinajstić information content (AvgIpc) is 1.84. The van der Waals surface area contributed by atoms with Crippen LogP contribution in [-0.2, 0) is 0 Å². The number of urea groups is 1. The van der Waals surface area contributed by atoms with Crippen LogP contribution in [0.5, 0.6) is 0 Å². The molecular weight excluding hydrogens is 140 g/mol. The van der Waals surface area contributed by atoms with E-state index >= 15 is 0 Å². The first kappa shape index (κ1) is 6.95. The first-order valence-electron chi connectivity index (χ1n) is 4.26. The molecule has 0 aromatic heterocycles. The topological polar surface area (TPSA) is 41.1 Å². The van der Waals surface area contributed by atoms with Gasteiger partial charge < -0.3 is 10.6 Å². The van der Waals surface area contributed by atoms with Gasteiger partial charge in [-0.1, -0.05) is 6.92 Å². The van der Waals surface area contributed by atoms with Gasteiger partial charge in [0, 0.05) is 12.1 Å². The second-order valence-corrected chi connectivity index (χ2v) is 3.92. The van der Waals surface area contributed by atoms with Crippen LogP contribution < -0.4 is 10.6 Å². The van der Waals surface area contributed by atoms with Crippen LogP contribution in [0, 0.1) is 5.92 Å². The van der Waals surface area contributed by atoms with Crippen molar-refractivity contribution in [3.63, 3.8) is 0 Å². The fourth-order valence-corrected chi connectivity index (χ4v) is 2.34. The molecule has 1 heterocycles. The largest absolute Gasteiger partial charge is 0.338 e. The zero-order chi connectivity index (χ0) is 7.90. The molecule has 2 aliphatic rings. The van der Waals surface area contributed by atoms with Gasteiger partial charge in [-0.2, -0.15) is 0 Å². The Morgan fingerprint density at radius 3 is 2.82 bits per heavy atom. The monoisotopic (exact) mass is 154 g/mol. The van der Waals surface area contributed by atoms with Crippen LogP contribution in [0.1, 0.15) is 26.2 Å². The molecular formula is C8H14N2O. The van der Waals surface area contributed by atoms with Crippen molar-refractivity contribution in [3.05, 3.63) is 0 Å². The van der Waals surface area contributed by atoms with E-state index in [-0.39, 0.29) is 11.6 Å². The quantitative estimate of drug-likeness (QED) is 0.533. The normalized spacial score (nSPS) is 42.6. The standard InChI is InChI=1S/C8H14N2O/c1-6-4-8(5-6)2-3-9-7(11)10-8/h6H,2-5H2,1H3,(H2,9,10,11). The molecule has 1 aliphatic heterocycles. The van der Waals surface area contributed by atoms with E-state index in [0.29, 0.717) is 0 Å². The smallest absolute Gasteiger partial charge is 0.315 e. The maximum Gasteiger partial charge on any atom is 0.315 e. The van der Waals surface area contributed by atoms with Gasteiger partial charge >= 0.3 is 6.03 Å². The minimum Gasteiger partial charge on any atom is -0.338 e. The molecule has 1 spiro atoms. The Hall–Kier alpha value is -0.730. The summed E-state index contributed by atoms with van der Waals surface area (Å²) in [6.07, 6.45) is 3.43. The lowest BCUT2D eigenvalue weighted by Crippen LogP contribution is -2.63. The van der Waals surface area contributed by atoms with E-state index in [9.17, 15) is 4.79 Å². The maximum absolute atomic E-state index is 11.0. The number of hydrogen-bond donors (Lipinski definition) is 2. The Labute approximate surface area is 66.5 Å². The van der Waals surface area contributed by atoms with Crippen molar-refractivity contribution in [1.29, 1.82) is 0 Å². The summed E-state index contributed by atoms with van der Waals surface area (Å²) in [5, 5.41) is 5.78. The van der Waals surface area contributed by atoms with Gasteiger partial charge in [0.25, 0.3) is 0 Å². The Kier molecular flexibility index (Phi) is 1.34. The lowest BCUT2D eigenvalue weighted by molar-refractivity contribution is 0.0998. The van der Waals surface area contributed by atoms with Gasteiger partial charge in [0.15, 0.2) is 0 Å². The predicted molar refractivity (Wildman–Crippen MR) is 42.3 cm³/mol. The SMILES string of the molecule is CC1CC2(CCNC(=O)N2)C1. The van der Waals surface area contributed by atoms with Gasteiger partial charge in [0.05, 0.1) is 0 Å². The Morgan fingerprint density at radius 2 is 2.27 bits per heavy atom. The fraction of sp³-hybridized carbons (Fsp3) is 0.875. The highest BCUT2D eigenvalue weighted by Gasteiger charge is 2.44. The Balaban J connectivity index is 1.98. The van der Waals surface area contributed by atoms with Crippen LogP contribution in [-0.4, -0.2) is 18.1 Å². The molecule has 2 rings (SSSR count). The molecule has 0 aromatic carbocycles. The van der Waals surface area contributed by atoms with Crippen molar-refractivity contribution in [2.24, 2.45) is 5.92 Å². The summed E-state index contributed by atoms with van der Waals surface area (Å²) in [6, 6.07) is 0.0168. The van der Waals surface area contributed by atoms with E-state index < -0.39 is 0 Å². The van der Waals surface area contributed by atoms with Crippen LogP contribution >= 0.6 is 0 Å². The van der Waals surface area contributed by atoms with Crippen LogP contribution in [0.3, 0.4) is 0 Å². The first-order valence-corrected chi connectivity index (χ1v) is 4.26. The summed E-state index contributed by atoms with van der Waals surface area (Å²) in [4.78, 5) is 11.0. The molecule has 2 fully saturated rings. The molecule has 62 valence electrons. The number of carbonyl (C=O) groups is 1. The van der Waals surface area contributed by atoms with E-state index in [1.165, 1.54) is 12.8 Å². The minimum absolute atomic E-state index is 0.0168. The van der Waals surface area contributed by atoms with Crippen LogP contribution in [0.25, 0.3) is 0 Å². The zero-order valence-electron chi connectivity index (χ0n) is 6.81. The zero-order valence-corrected chi connectivity index (χ0v) is 6.81. The van der Waals surface area contributed by atoms with E-state index in [4.69, 9.17) is 0 Å². The molecule has 3 heteroatoms. The summed E-state index contributed by atoms with van der Waals surface area (Å²) >= 11 is 0. The Bertz CT molecular complexity index is 179. The second kappa shape index (κ2) is 2.13. The second-order valence-electron chi connectivity index (χ2n) is 3.92. The molecule has 2 N–H and O–H groups in total. The highest BCUT2D eigenvalue weighted by molar-refractivity contribution is 5.75. The molecule has 0 bridgehead atoms. The summed E-state index contributed by atoms with van der Waals surface area (Å²) in [6.45, 7) is 3.08. The lowest BCUT2D eigenvalue weighted by atomic mass is 9.67. The molecule has 0 unspecified atom stereocenters. The number of carbonyl (C=O) groups excluding carboxylic acids is 1. The van der Waals surface area contributed by atoms with Gasteiger partial charge in [0.2, 0.25) is 0 Å². The highest BCUT2D eigenvalue weighted by Crippen LogP contribution is 2.40. The van der Waals surface area contributed by atoms with Crippen LogP contribution in [0.4, 0.5) is 4.79 Å². The van der Waals surface area contributed by atoms with Gasteiger partial charge in [0.1, 0.15) is 0 Å². The minimum atomic E-state index is 0.0168. The number of amides is 2. The first-order chi connectivity index (χ1) is 5.20. The van der Waals surface area contributed by atoms with Gasteiger partial charge in [-0.15, -0.1) is 0 Å². The Morgan fingerprint density at radius 1 is 1.55 bits per heavy atom. The molecule has 0 radical (unpaired) electrons. The summed E-state index contributed by atoms with van der Waals surface area (Å²) in [7, 11) is 0. The molecule has 3 nitrogen and oxygen atoms in total.